The molecule has 6 nitrogen and oxygen atoms in total. The summed E-state index contributed by atoms with van der Waals surface area (Å²) in [7, 11) is 0. The molecule has 0 amide bonds. The molecule has 4 atom stereocenters. The smallest absolute Gasteiger partial charge is 0.264 e. The highest BCUT2D eigenvalue weighted by atomic mass is 19.3. The van der Waals surface area contributed by atoms with Gasteiger partial charge in [-0.1, -0.05) is 19.0 Å². The van der Waals surface area contributed by atoms with Crippen LogP contribution in [0.25, 0.3) is 0 Å². The fourth-order valence-electron chi connectivity index (χ4n) is 6.43. The van der Waals surface area contributed by atoms with Gasteiger partial charge in [-0.3, -0.25) is 14.7 Å². The molecular weight excluding hydrogens is 424 g/mol. The van der Waals surface area contributed by atoms with E-state index in [9.17, 15) is 0 Å². The van der Waals surface area contributed by atoms with E-state index in [2.05, 4.69) is 47.6 Å². The van der Waals surface area contributed by atoms with Crippen LogP contribution in [0.3, 0.4) is 0 Å². The van der Waals surface area contributed by atoms with E-state index in [4.69, 9.17) is 9.51 Å². The minimum absolute atomic E-state index is 0.0155. The highest BCUT2D eigenvalue weighted by Gasteiger charge is 2.53. The van der Waals surface area contributed by atoms with E-state index >= 15 is 8.78 Å². The van der Waals surface area contributed by atoms with E-state index in [1.54, 1.807) is 0 Å². The van der Waals surface area contributed by atoms with Gasteiger partial charge in [0.1, 0.15) is 0 Å². The summed E-state index contributed by atoms with van der Waals surface area (Å²) < 4.78 is 36.4. The van der Waals surface area contributed by atoms with Gasteiger partial charge in [-0.25, -0.2) is 8.78 Å². The van der Waals surface area contributed by atoms with E-state index in [1.165, 1.54) is 0 Å². The maximum absolute atomic E-state index is 15.4. The van der Waals surface area contributed by atoms with E-state index in [1.807, 2.05) is 0 Å². The van der Waals surface area contributed by atoms with E-state index < -0.39 is 12.0 Å². The molecule has 0 bridgehead atoms. The van der Waals surface area contributed by atoms with Gasteiger partial charge in [-0.05, 0) is 65.0 Å². The lowest BCUT2D eigenvalue weighted by atomic mass is 9.77. The summed E-state index contributed by atoms with van der Waals surface area (Å²) in [4.78, 5) is 11.7. The third-order valence-electron chi connectivity index (χ3n) is 9.06. The molecule has 8 heteroatoms. The zero-order valence-corrected chi connectivity index (χ0v) is 20.8. The topological polar surface area (TPSA) is 48.6 Å². The van der Waals surface area contributed by atoms with Gasteiger partial charge in [0.25, 0.3) is 5.92 Å². The van der Waals surface area contributed by atoms with Crippen LogP contribution >= 0.6 is 0 Å². The Bertz CT molecular complexity index is 813. The molecule has 2 aliphatic carbocycles. The fraction of sp³-hybridized carbons (Fsp3) is 0.920. The lowest BCUT2D eigenvalue weighted by Gasteiger charge is -2.52. The van der Waals surface area contributed by atoms with Crippen LogP contribution in [0.2, 0.25) is 0 Å². The summed E-state index contributed by atoms with van der Waals surface area (Å²) in [6, 6.07) is -0.223. The zero-order chi connectivity index (χ0) is 23.4. The number of hydrogen-bond acceptors (Lipinski definition) is 6. The van der Waals surface area contributed by atoms with Gasteiger partial charge in [-0.15, -0.1) is 0 Å². The van der Waals surface area contributed by atoms with Crippen molar-refractivity contribution in [1.29, 1.82) is 0 Å². The Hall–Kier alpha value is -1.12. The van der Waals surface area contributed by atoms with Crippen molar-refractivity contribution in [3.05, 3.63) is 11.7 Å². The van der Waals surface area contributed by atoms with E-state index in [0.29, 0.717) is 37.4 Å². The summed E-state index contributed by atoms with van der Waals surface area (Å²) in [5.41, 5.74) is -0.196. The molecule has 1 aromatic rings. The Kier molecular flexibility index (Phi) is 6.32. The quantitative estimate of drug-likeness (QED) is 0.652. The van der Waals surface area contributed by atoms with Crippen molar-refractivity contribution in [1.82, 2.24) is 24.8 Å². The Morgan fingerprint density at radius 3 is 2.27 bits per heavy atom. The van der Waals surface area contributed by atoms with Crippen LogP contribution in [0.15, 0.2) is 4.52 Å². The first-order valence-corrected chi connectivity index (χ1v) is 13.1. The molecule has 3 heterocycles. The third-order valence-corrected chi connectivity index (χ3v) is 9.06. The average molecular weight is 466 g/mol. The molecule has 2 aliphatic heterocycles. The van der Waals surface area contributed by atoms with Gasteiger partial charge in [0, 0.05) is 56.0 Å². The Labute approximate surface area is 197 Å². The second-order valence-electron chi connectivity index (χ2n) is 11.7. The number of alkyl halides is 2. The number of aromatic nitrogens is 2. The van der Waals surface area contributed by atoms with Crippen LogP contribution in [0.1, 0.15) is 83.9 Å². The van der Waals surface area contributed by atoms with Crippen LogP contribution in [-0.2, 0) is 5.41 Å². The number of likely N-dealkylation sites (tertiary alicyclic amines) is 1. The Morgan fingerprint density at radius 2 is 1.67 bits per heavy atom. The summed E-state index contributed by atoms with van der Waals surface area (Å²) >= 11 is 0. The van der Waals surface area contributed by atoms with E-state index in [-0.39, 0.29) is 17.9 Å². The number of halogens is 2. The maximum Gasteiger partial charge on any atom is 0.264 e. The molecule has 33 heavy (non-hydrogen) atoms. The summed E-state index contributed by atoms with van der Waals surface area (Å²) in [5, 5.41) is 4.32. The van der Waals surface area contributed by atoms with Crippen LogP contribution in [0, 0.1) is 5.92 Å². The summed E-state index contributed by atoms with van der Waals surface area (Å²) in [6.07, 6.45) is 4.23. The molecule has 0 aromatic carbocycles. The number of nitrogens with zero attached hydrogens (tertiary/aromatic N) is 5. The number of piperidine rings is 1. The molecule has 4 fully saturated rings. The van der Waals surface area contributed by atoms with Crippen molar-refractivity contribution >= 4 is 0 Å². The Morgan fingerprint density at radius 1 is 1.00 bits per heavy atom. The van der Waals surface area contributed by atoms with E-state index in [0.717, 1.165) is 63.6 Å². The maximum atomic E-state index is 15.4. The van der Waals surface area contributed by atoms with Crippen molar-refractivity contribution in [3.63, 3.8) is 0 Å². The van der Waals surface area contributed by atoms with Crippen LogP contribution < -0.4 is 0 Å². The van der Waals surface area contributed by atoms with Crippen molar-refractivity contribution in [2.45, 2.75) is 102 Å². The standard InChI is InChI=1S/C25H41F2N5O/c1-17(2)30-12-14-31(15-13-30)20-6-5-7-25(26,27)21(20)32-10-8-24(4,9-11-32)23-28-22(33-29-23)19-16-18(19)3/h17-21H,5-16H2,1-4H3/t18-,19+,20-,21+/m0/s1. The second kappa shape index (κ2) is 8.83. The molecule has 2 saturated carbocycles. The number of rotatable bonds is 5. The first-order chi connectivity index (χ1) is 15.7. The van der Waals surface area contributed by atoms with Crippen LogP contribution in [0.5, 0.6) is 0 Å². The third kappa shape index (κ3) is 4.59. The monoisotopic (exact) mass is 465 g/mol. The normalized spacial score (nSPS) is 35.7. The molecule has 0 N–H and O–H groups in total. The molecular formula is C25H41F2N5O. The van der Waals surface area contributed by atoms with Crippen molar-refractivity contribution in [3.8, 4) is 0 Å². The molecule has 1 aromatic heterocycles. The summed E-state index contributed by atoms with van der Waals surface area (Å²) in [5.74, 6) is -0.0602. The first-order valence-electron chi connectivity index (χ1n) is 13.1. The van der Waals surface area contributed by atoms with Crippen molar-refractivity contribution in [2.24, 2.45) is 5.92 Å². The minimum Gasteiger partial charge on any atom is -0.339 e. The molecule has 5 rings (SSSR count). The molecule has 2 saturated heterocycles. The number of hydrogen-bond donors (Lipinski definition) is 0. The lowest BCUT2D eigenvalue weighted by Crippen LogP contribution is -2.66. The van der Waals surface area contributed by atoms with Crippen molar-refractivity contribution < 1.29 is 13.3 Å². The minimum atomic E-state index is -2.63. The zero-order valence-electron chi connectivity index (χ0n) is 20.8. The predicted molar refractivity (Wildman–Crippen MR) is 124 cm³/mol. The first kappa shape index (κ1) is 23.6. The second-order valence-corrected chi connectivity index (χ2v) is 11.7. The van der Waals surface area contributed by atoms with Gasteiger partial charge >= 0.3 is 0 Å². The van der Waals surface area contributed by atoms with Gasteiger partial charge in [0.15, 0.2) is 5.82 Å². The molecule has 0 spiro atoms. The summed E-state index contributed by atoms with van der Waals surface area (Å²) in [6.45, 7) is 13.9. The van der Waals surface area contributed by atoms with Gasteiger partial charge in [0.2, 0.25) is 5.89 Å². The van der Waals surface area contributed by atoms with Gasteiger partial charge in [-0.2, -0.15) is 4.98 Å². The predicted octanol–water partition coefficient (Wildman–Crippen LogP) is 4.13. The van der Waals surface area contributed by atoms with Gasteiger partial charge in [0.05, 0.1) is 6.04 Å². The lowest BCUT2D eigenvalue weighted by molar-refractivity contribution is -0.146. The van der Waals surface area contributed by atoms with Crippen LogP contribution in [-0.4, -0.2) is 88.2 Å². The molecule has 186 valence electrons. The number of piperazine rings is 1. The molecule has 4 aliphatic rings. The highest BCUT2D eigenvalue weighted by Crippen LogP contribution is 2.47. The molecule has 0 unspecified atom stereocenters. The fourth-order valence-corrected chi connectivity index (χ4v) is 6.43. The largest absolute Gasteiger partial charge is 0.339 e. The Balaban J connectivity index is 1.26. The van der Waals surface area contributed by atoms with Crippen LogP contribution in [0.4, 0.5) is 8.78 Å². The molecule has 0 radical (unpaired) electrons. The average Bonchev–Trinajstić information content (AvgIpc) is 3.30. The SMILES string of the molecule is CC(C)N1CCN([C@H]2CCCC(F)(F)[C@@H]2N2CCC(C)(c3noc([C@@H]4C[C@@H]4C)n3)CC2)CC1. The van der Waals surface area contributed by atoms with Gasteiger partial charge < -0.3 is 4.52 Å². The highest BCUT2D eigenvalue weighted by molar-refractivity contribution is 5.13. The van der Waals surface area contributed by atoms with Crippen molar-refractivity contribution in [2.75, 3.05) is 39.3 Å².